The number of hydrogen-bond acceptors (Lipinski definition) is 4. The van der Waals surface area contributed by atoms with E-state index in [1.165, 1.54) is 11.8 Å². The highest BCUT2D eigenvalue weighted by Gasteiger charge is 2.32. The molecule has 0 aliphatic carbocycles. The summed E-state index contributed by atoms with van der Waals surface area (Å²) in [7, 11) is 0. The van der Waals surface area contributed by atoms with Crippen molar-refractivity contribution in [2.45, 2.75) is 6.92 Å². The lowest BCUT2D eigenvalue weighted by Gasteiger charge is -2.11. The lowest BCUT2D eigenvalue weighted by Crippen LogP contribution is -2.27. The molecule has 5 heteroatoms. The van der Waals surface area contributed by atoms with E-state index in [-0.39, 0.29) is 5.91 Å². The molecular weight excluding hydrogens is 276 g/mol. The van der Waals surface area contributed by atoms with Crippen molar-refractivity contribution in [1.29, 1.82) is 0 Å². The molecule has 1 saturated heterocycles. The molecule has 19 heavy (non-hydrogen) atoms. The van der Waals surface area contributed by atoms with E-state index < -0.39 is 0 Å². The molecule has 1 amide bonds. The summed E-state index contributed by atoms with van der Waals surface area (Å²) in [5.41, 5.74) is 1.61. The fourth-order valence-electron chi connectivity index (χ4n) is 1.71. The Morgan fingerprint density at radius 3 is 2.68 bits per heavy atom. The molecule has 2 rings (SSSR count). The minimum Gasteiger partial charge on any atom is -0.354 e. The van der Waals surface area contributed by atoms with Gasteiger partial charge in [0.25, 0.3) is 5.91 Å². The third-order valence-corrected chi connectivity index (χ3v) is 4.13. The van der Waals surface area contributed by atoms with Gasteiger partial charge in [-0.05, 0) is 25.1 Å². The minimum absolute atomic E-state index is 0.0594. The number of anilines is 1. The highest BCUT2D eigenvalue weighted by Crippen LogP contribution is 2.33. The maximum absolute atomic E-state index is 12.2. The highest BCUT2D eigenvalue weighted by atomic mass is 32.2. The number of thiocarbonyl (C=S) groups is 1. The standard InChI is InChI=1S/C14H14N2OS2/c1-3-11(15-10-8-6-5-7-9-10)12-13(17)16(4-2)14(18)19-12/h3,5-9,15H,1,4H2,2H3. The van der Waals surface area contributed by atoms with Crippen molar-refractivity contribution in [2.24, 2.45) is 0 Å². The molecule has 1 N–H and O–H groups in total. The Balaban J connectivity index is 2.31. The molecule has 1 aliphatic heterocycles. The van der Waals surface area contributed by atoms with E-state index >= 15 is 0 Å². The molecule has 0 spiro atoms. The van der Waals surface area contributed by atoms with Gasteiger partial charge in [-0.15, -0.1) is 0 Å². The van der Waals surface area contributed by atoms with Crippen molar-refractivity contribution < 1.29 is 4.79 Å². The Morgan fingerprint density at radius 2 is 2.16 bits per heavy atom. The van der Waals surface area contributed by atoms with Crippen LogP contribution in [0.5, 0.6) is 0 Å². The SMILES string of the molecule is C=CC(Nc1ccccc1)=C1SC(=S)N(CC)C1=O. The van der Waals surface area contributed by atoms with Crippen LogP contribution < -0.4 is 5.32 Å². The number of nitrogens with one attached hydrogen (secondary N) is 1. The van der Waals surface area contributed by atoms with Gasteiger partial charge >= 0.3 is 0 Å². The van der Waals surface area contributed by atoms with Gasteiger partial charge in [-0.25, -0.2) is 0 Å². The zero-order valence-electron chi connectivity index (χ0n) is 10.6. The molecule has 1 fully saturated rings. The van der Waals surface area contributed by atoms with Crippen LogP contribution >= 0.6 is 24.0 Å². The third-order valence-electron chi connectivity index (χ3n) is 2.67. The summed E-state index contributed by atoms with van der Waals surface area (Å²) in [6.45, 7) is 6.26. The molecule has 0 bridgehead atoms. The number of hydrogen-bond donors (Lipinski definition) is 1. The number of para-hydroxylation sites is 1. The summed E-state index contributed by atoms with van der Waals surface area (Å²) in [6.07, 6.45) is 1.65. The van der Waals surface area contributed by atoms with Gasteiger partial charge in [0, 0.05) is 12.2 Å². The Labute approximate surface area is 122 Å². The maximum Gasteiger partial charge on any atom is 0.268 e. The van der Waals surface area contributed by atoms with E-state index in [2.05, 4.69) is 11.9 Å². The van der Waals surface area contributed by atoms with Crippen LogP contribution in [0.1, 0.15) is 6.92 Å². The summed E-state index contributed by atoms with van der Waals surface area (Å²) in [5.74, 6) is -0.0594. The molecule has 0 atom stereocenters. The zero-order valence-corrected chi connectivity index (χ0v) is 12.2. The number of thioether (sulfide) groups is 1. The van der Waals surface area contributed by atoms with Crippen molar-refractivity contribution in [3.8, 4) is 0 Å². The van der Waals surface area contributed by atoms with E-state index in [1.807, 2.05) is 37.3 Å². The van der Waals surface area contributed by atoms with Crippen molar-refractivity contribution >= 4 is 39.9 Å². The average Bonchev–Trinajstić information content (AvgIpc) is 2.72. The average molecular weight is 290 g/mol. The second-order valence-corrected chi connectivity index (χ2v) is 5.50. The van der Waals surface area contributed by atoms with Gasteiger partial charge in [0.2, 0.25) is 0 Å². The number of nitrogens with zero attached hydrogens (tertiary/aromatic N) is 1. The molecule has 0 unspecified atom stereocenters. The Bertz CT molecular complexity index is 552. The largest absolute Gasteiger partial charge is 0.354 e. The Kier molecular flexibility index (Phi) is 4.39. The fraction of sp³-hybridized carbons (Fsp3) is 0.143. The molecule has 1 aromatic rings. The predicted octanol–water partition coefficient (Wildman–Crippen LogP) is 3.38. The number of allylic oxidation sites excluding steroid dienone is 1. The molecular formula is C14H14N2OS2. The van der Waals surface area contributed by atoms with Gasteiger partial charge < -0.3 is 5.32 Å². The lowest BCUT2D eigenvalue weighted by atomic mass is 10.3. The third kappa shape index (κ3) is 2.88. The first-order valence-electron chi connectivity index (χ1n) is 5.89. The smallest absolute Gasteiger partial charge is 0.268 e. The predicted molar refractivity (Wildman–Crippen MR) is 84.9 cm³/mol. The first-order chi connectivity index (χ1) is 9.17. The van der Waals surface area contributed by atoms with Crippen molar-refractivity contribution in [1.82, 2.24) is 4.90 Å². The van der Waals surface area contributed by atoms with Crippen LogP contribution in [-0.2, 0) is 4.79 Å². The molecule has 1 aromatic carbocycles. The van der Waals surface area contributed by atoms with Gasteiger partial charge in [-0.2, -0.15) is 0 Å². The second-order valence-electron chi connectivity index (χ2n) is 3.86. The van der Waals surface area contributed by atoms with Crippen molar-refractivity contribution in [3.63, 3.8) is 0 Å². The zero-order chi connectivity index (χ0) is 13.8. The normalized spacial score (nSPS) is 17.6. The molecule has 98 valence electrons. The molecule has 1 heterocycles. The van der Waals surface area contributed by atoms with E-state index in [1.54, 1.807) is 11.0 Å². The molecule has 1 aliphatic rings. The van der Waals surface area contributed by atoms with Crippen LogP contribution in [0.4, 0.5) is 5.69 Å². The highest BCUT2D eigenvalue weighted by molar-refractivity contribution is 8.26. The number of rotatable bonds is 4. The molecule has 0 saturated carbocycles. The number of carbonyl (C=O) groups is 1. The number of carbonyl (C=O) groups excluding carboxylic acids is 1. The monoisotopic (exact) mass is 290 g/mol. The van der Waals surface area contributed by atoms with Gasteiger partial charge in [0.15, 0.2) is 0 Å². The maximum atomic E-state index is 12.2. The number of amides is 1. The quantitative estimate of drug-likeness (QED) is 0.680. The molecule has 3 nitrogen and oxygen atoms in total. The Hall–Kier alpha value is -1.59. The van der Waals surface area contributed by atoms with E-state index in [0.29, 0.717) is 21.5 Å². The first-order valence-corrected chi connectivity index (χ1v) is 7.12. The van der Waals surface area contributed by atoms with E-state index in [9.17, 15) is 4.79 Å². The van der Waals surface area contributed by atoms with E-state index in [0.717, 1.165) is 5.69 Å². The molecule has 0 radical (unpaired) electrons. The van der Waals surface area contributed by atoms with Crippen LogP contribution in [0.3, 0.4) is 0 Å². The van der Waals surface area contributed by atoms with Gasteiger partial charge in [0.1, 0.15) is 9.23 Å². The van der Waals surface area contributed by atoms with E-state index in [4.69, 9.17) is 12.2 Å². The topological polar surface area (TPSA) is 32.3 Å². The van der Waals surface area contributed by atoms with Crippen LogP contribution in [-0.4, -0.2) is 21.7 Å². The van der Waals surface area contributed by atoms with Crippen LogP contribution in [0, 0.1) is 0 Å². The summed E-state index contributed by atoms with van der Waals surface area (Å²) in [6, 6.07) is 9.67. The van der Waals surface area contributed by atoms with Crippen LogP contribution in [0.2, 0.25) is 0 Å². The van der Waals surface area contributed by atoms with Gasteiger partial charge in [-0.1, -0.05) is 48.8 Å². The second kappa shape index (κ2) is 6.04. The van der Waals surface area contributed by atoms with Crippen molar-refractivity contribution in [2.75, 3.05) is 11.9 Å². The number of likely N-dealkylation sites (N-methyl/N-ethyl adjacent to an activating group) is 1. The van der Waals surface area contributed by atoms with Gasteiger partial charge in [0.05, 0.1) is 5.70 Å². The first kappa shape index (κ1) is 13.8. The van der Waals surface area contributed by atoms with Crippen LogP contribution in [0.15, 0.2) is 53.6 Å². The Morgan fingerprint density at radius 1 is 1.47 bits per heavy atom. The summed E-state index contributed by atoms with van der Waals surface area (Å²) < 4.78 is 0.594. The summed E-state index contributed by atoms with van der Waals surface area (Å²) >= 11 is 6.51. The number of benzene rings is 1. The minimum atomic E-state index is -0.0594. The summed E-state index contributed by atoms with van der Waals surface area (Å²) in [4.78, 5) is 14.4. The van der Waals surface area contributed by atoms with Crippen molar-refractivity contribution in [3.05, 3.63) is 53.6 Å². The van der Waals surface area contributed by atoms with Gasteiger partial charge in [-0.3, -0.25) is 9.69 Å². The van der Waals surface area contributed by atoms with Crippen LogP contribution in [0.25, 0.3) is 0 Å². The summed E-state index contributed by atoms with van der Waals surface area (Å²) in [5, 5.41) is 3.20. The molecule has 0 aromatic heterocycles. The lowest BCUT2D eigenvalue weighted by molar-refractivity contribution is -0.122. The fourth-order valence-corrected chi connectivity index (χ4v) is 3.11.